The summed E-state index contributed by atoms with van der Waals surface area (Å²) in [5.41, 5.74) is 7.85. The molecule has 4 nitrogen and oxygen atoms in total. The third kappa shape index (κ3) is 1.73. The van der Waals surface area contributed by atoms with Gasteiger partial charge in [-0.2, -0.15) is 0 Å². The lowest BCUT2D eigenvalue weighted by atomic mass is 10.1. The van der Waals surface area contributed by atoms with Gasteiger partial charge < -0.3 is 5.73 Å². The maximum absolute atomic E-state index is 12.3. The minimum absolute atomic E-state index is 0.283. The second kappa shape index (κ2) is 4.33. The average Bonchev–Trinajstić information content (AvgIpc) is 2.71. The van der Waals surface area contributed by atoms with Crippen LogP contribution in [-0.4, -0.2) is 11.8 Å². The molecule has 0 bridgehead atoms. The Balaban J connectivity index is 2.10. The highest BCUT2D eigenvalue weighted by molar-refractivity contribution is 6.34. The van der Waals surface area contributed by atoms with Crippen LogP contribution in [0.4, 0.5) is 5.69 Å². The number of nitrogens with two attached hydrogens (primary N) is 1. The molecule has 2 aromatic carbocycles. The van der Waals surface area contributed by atoms with Gasteiger partial charge in [-0.05, 0) is 29.8 Å². The molecule has 1 aliphatic rings. The number of carbonyl (C=O) groups excluding carboxylic acids is 2. The van der Waals surface area contributed by atoms with E-state index >= 15 is 0 Å². The van der Waals surface area contributed by atoms with Gasteiger partial charge in [-0.25, -0.2) is 4.90 Å². The van der Waals surface area contributed by atoms with Crippen molar-refractivity contribution in [2.24, 2.45) is 5.73 Å². The molecule has 1 aliphatic heterocycles. The van der Waals surface area contributed by atoms with Crippen molar-refractivity contribution in [3.05, 3.63) is 65.2 Å². The lowest BCUT2D eigenvalue weighted by Gasteiger charge is -2.13. The van der Waals surface area contributed by atoms with Crippen molar-refractivity contribution in [2.45, 2.75) is 6.54 Å². The first-order chi connectivity index (χ1) is 9.22. The highest BCUT2D eigenvalue weighted by atomic mass is 16.2. The quantitative estimate of drug-likeness (QED) is 0.831. The van der Waals surface area contributed by atoms with Crippen LogP contribution in [0.3, 0.4) is 0 Å². The van der Waals surface area contributed by atoms with Crippen LogP contribution in [0.2, 0.25) is 0 Å². The molecule has 2 amide bonds. The first kappa shape index (κ1) is 11.6. The second-order valence-electron chi connectivity index (χ2n) is 4.37. The number of carbonyl (C=O) groups is 2. The smallest absolute Gasteiger partial charge is 0.266 e. The SMILES string of the molecule is NCc1ccc2c(c1)C(=O)N(c1ccccc1)C2=O. The van der Waals surface area contributed by atoms with E-state index in [4.69, 9.17) is 5.73 Å². The van der Waals surface area contributed by atoms with Gasteiger partial charge in [0.15, 0.2) is 0 Å². The van der Waals surface area contributed by atoms with Crippen molar-refractivity contribution < 1.29 is 9.59 Å². The van der Waals surface area contributed by atoms with E-state index in [-0.39, 0.29) is 11.8 Å². The number of para-hydroxylation sites is 1. The second-order valence-corrected chi connectivity index (χ2v) is 4.37. The summed E-state index contributed by atoms with van der Waals surface area (Å²) in [6.45, 7) is 0.347. The molecule has 19 heavy (non-hydrogen) atoms. The first-order valence-electron chi connectivity index (χ1n) is 5.99. The molecule has 94 valence electrons. The van der Waals surface area contributed by atoms with E-state index in [1.165, 1.54) is 4.90 Å². The summed E-state index contributed by atoms with van der Waals surface area (Å²) in [6, 6.07) is 14.1. The summed E-state index contributed by atoms with van der Waals surface area (Å²) in [5, 5.41) is 0. The minimum atomic E-state index is -0.290. The van der Waals surface area contributed by atoms with Crippen LogP contribution >= 0.6 is 0 Å². The normalized spacial score (nSPS) is 13.8. The number of nitrogens with zero attached hydrogens (tertiary/aromatic N) is 1. The number of imide groups is 1. The monoisotopic (exact) mass is 252 g/mol. The molecule has 0 fully saturated rings. The van der Waals surface area contributed by atoms with Crippen LogP contribution in [0.25, 0.3) is 0 Å². The van der Waals surface area contributed by atoms with E-state index < -0.39 is 0 Å². The summed E-state index contributed by atoms with van der Waals surface area (Å²) in [6.07, 6.45) is 0. The Bertz CT molecular complexity index is 665. The Hall–Kier alpha value is -2.46. The van der Waals surface area contributed by atoms with Crippen molar-refractivity contribution in [3.8, 4) is 0 Å². The van der Waals surface area contributed by atoms with Crippen molar-refractivity contribution in [1.82, 2.24) is 0 Å². The van der Waals surface area contributed by atoms with Gasteiger partial charge in [0.25, 0.3) is 11.8 Å². The lowest BCUT2D eigenvalue weighted by molar-refractivity contribution is 0.0926. The number of hydrogen-bond acceptors (Lipinski definition) is 3. The summed E-state index contributed by atoms with van der Waals surface area (Å²) >= 11 is 0. The average molecular weight is 252 g/mol. The van der Waals surface area contributed by atoms with E-state index in [1.807, 2.05) is 6.07 Å². The van der Waals surface area contributed by atoms with Crippen LogP contribution in [-0.2, 0) is 6.54 Å². The number of amides is 2. The van der Waals surface area contributed by atoms with Crippen molar-refractivity contribution in [3.63, 3.8) is 0 Å². The van der Waals surface area contributed by atoms with E-state index in [1.54, 1.807) is 42.5 Å². The van der Waals surface area contributed by atoms with Crippen LogP contribution in [0.15, 0.2) is 48.5 Å². The topological polar surface area (TPSA) is 63.4 Å². The van der Waals surface area contributed by atoms with Crippen molar-refractivity contribution >= 4 is 17.5 Å². The van der Waals surface area contributed by atoms with Gasteiger partial charge >= 0.3 is 0 Å². The largest absolute Gasteiger partial charge is 0.326 e. The Morgan fingerprint density at radius 3 is 2.26 bits per heavy atom. The number of rotatable bonds is 2. The van der Waals surface area contributed by atoms with Crippen molar-refractivity contribution in [1.29, 1.82) is 0 Å². The van der Waals surface area contributed by atoms with Crippen LogP contribution in [0.1, 0.15) is 26.3 Å². The number of hydrogen-bond donors (Lipinski definition) is 1. The third-order valence-electron chi connectivity index (χ3n) is 3.20. The van der Waals surface area contributed by atoms with Crippen LogP contribution in [0, 0.1) is 0 Å². The van der Waals surface area contributed by atoms with E-state index in [0.29, 0.717) is 23.4 Å². The molecular formula is C15H12N2O2. The zero-order chi connectivity index (χ0) is 13.4. The molecule has 1 heterocycles. The van der Waals surface area contributed by atoms with Gasteiger partial charge in [-0.1, -0.05) is 24.3 Å². The highest BCUT2D eigenvalue weighted by Crippen LogP contribution is 2.28. The molecular weight excluding hydrogens is 240 g/mol. The Morgan fingerprint density at radius 1 is 0.895 bits per heavy atom. The molecule has 2 N–H and O–H groups in total. The maximum Gasteiger partial charge on any atom is 0.266 e. The predicted molar refractivity (Wildman–Crippen MR) is 71.9 cm³/mol. The van der Waals surface area contributed by atoms with E-state index in [2.05, 4.69) is 0 Å². The minimum Gasteiger partial charge on any atom is -0.326 e. The fourth-order valence-electron chi connectivity index (χ4n) is 2.23. The van der Waals surface area contributed by atoms with E-state index in [0.717, 1.165) is 5.56 Å². The zero-order valence-corrected chi connectivity index (χ0v) is 10.2. The van der Waals surface area contributed by atoms with Crippen LogP contribution < -0.4 is 10.6 Å². The standard InChI is InChI=1S/C15H12N2O2/c16-9-10-6-7-12-13(8-10)15(19)17(14(12)18)11-4-2-1-3-5-11/h1-8H,9,16H2. The molecule has 0 aliphatic carbocycles. The fourth-order valence-corrected chi connectivity index (χ4v) is 2.23. The number of fused-ring (bicyclic) bond motifs is 1. The molecule has 3 rings (SSSR count). The van der Waals surface area contributed by atoms with Gasteiger partial charge in [0.1, 0.15) is 0 Å². The van der Waals surface area contributed by atoms with Crippen LogP contribution in [0.5, 0.6) is 0 Å². The van der Waals surface area contributed by atoms with E-state index in [9.17, 15) is 9.59 Å². The number of benzene rings is 2. The van der Waals surface area contributed by atoms with Gasteiger partial charge in [-0.15, -0.1) is 0 Å². The highest BCUT2D eigenvalue weighted by Gasteiger charge is 2.36. The Morgan fingerprint density at radius 2 is 1.58 bits per heavy atom. The zero-order valence-electron chi connectivity index (χ0n) is 10.2. The molecule has 0 aromatic heterocycles. The van der Waals surface area contributed by atoms with Gasteiger partial charge in [0.2, 0.25) is 0 Å². The Kier molecular flexibility index (Phi) is 2.65. The Labute approximate surface area is 110 Å². The maximum atomic E-state index is 12.3. The van der Waals surface area contributed by atoms with Crippen molar-refractivity contribution in [2.75, 3.05) is 4.90 Å². The summed E-state index contributed by atoms with van der Waals surface area (Å²) < 4.78 is 0. The van der Waals surface area contributed by atoms with Gasteiger partial charge in [0.05, 0.1) is 16.8 Å². The van der Waals surface area contributed by atoms with Gasteiger partial charge in [-0.3, -0.25) is 9.59 Å². The first-order valence-corrected chi connectivity index (χ1v) is 5.99. The fraction of sp³-hybridized carbons (Fsp3) is 0.0667. The molecule has 0 unspecified atom stereocenters. The number of anilines is 1. The summed E-state index contributed by atoms with van der Waals surface area (Å²) in [5.74, 6) is -0.573. The van der Waals surface area contributed by atoms with Gasteiger partial charge in [0, 0.05) is 6.54 Å². The summed E-state index contributed by atoms with van der Waals surface area (Å²) in [4.78, 5) is 25.8. The molecule has 0 radical (unpaired) electrons. The predicted octanol–water partition coefficient (Wildman–Crippen LogP) is 1.95. The third-order valence-corrected chi connectivity index (χ3v) is 3.20. The lowest BCUT2D eigenvalue weighted by Crippen LogP contribution is -2.29. The summed E-state index contributed by atoms with van der Waals surface area (Å²) in [7, 11) is 0. The molecule has 0 saturated heterocycles. The molecule has 2 aromatic rings. The molecule has 0 atom stereocenters. The molecule has 4 heteroatoms. The molecule has 0 saturated carbocycles. The molecule has 0 spiro atoms.